The van der Waals surface area contributed by atoms with Gasteiger partial charge in [0.05, 0.1) is 33.6 Å². The number of ether oxygens (including phenoxy) is 4. The summed E-state index contributed by atoms with van der Waals surface area (Å²) in [5, 5.41) is 0. The van der Waals surface area contributed by atoms with Crippen LogP contribution in [0.25, 0.3) is 6.08 Å². The Kier molecular flexibility index (Phi) is 7.95. The first-order chi connectivity index (χ1) is 14.0. The molecule has 6 heteroatoms. The molecular formula is C23H29NO5. The average Bonchev–Trinajstić information content (AvgIpc) is 2.73. The third kappa shape index (κ3) is 5.02. The second-order valence-electron chi connectivity index (χ2n) is 6.36. The van der Waals surface area contributed by atoms with Crippen LogP contribution in [0.15, 0.2) is 35.9 Å². The van der Waals surface area contributed by atoms with Crippen molar-refractivity contribution in [2.24, 2.45) is 0 Å². The van der Waals surface area contributed by atoms with Gasteiger partial charge < -0.3 is 24.7 Å². The molecule has 2 aromatic rings. The van der Waals surface area contributed by atoms with E-state index in [2.05, 4.69) is 0 Å². The number of allylic oxidation sites excluding steroid dienone is 1. The van der Waals surface area contributed by atoms with Crippen molar-refractivity contribution in [1.82, 2.24) is 0 Å². The van der Waals surface area contributed by atoms with Gasteiger partial charge in [0.2, 0.25) is 5.75 Å². The first-order valence-corrected chi connectivity index (χ1v) is 9.57. The Morgan fingerprint density at radius 2 is 1.66 bits per heavy atom. The van der Waals surface area contributed by atoms with Gasteiger partial charge in [-0.2, -0.15) is 0 Å². The van der Waals surface area contributed by atoms with Crippen molar-refractivity contribution in [1.29, 1.82) is 0 Å². The number of hydrogen-bond acceptors (Lipinski definition) is 6. The van der Waals surface area contributed by atoms with E-state index in [-0.39, 0.29) is 5.78 Å². The zero-order chi connectivity index (χ0) is 21.4. The molecule has 2 N–H and O–H groups in total. The molecule has 156 valence electrons. The van der Waals surface area contributed by atoms with Crippen molar-refractivity contribution in [2.45, 2.75) is 26.7 Å². The van der Waals surface area contributed by atoms with E-state index >= 15 is 0 Å². The maximum absolute atomic E-state index is 13.2. The number of nitrogens with two attached hydrogens (primary N) is 1. The first kappa shape index (κ1) is 22.1. The van der Waals surface area contributed by atoms with Gasteiger partial charge in [0.1, 0.15) is 5.75 Å². The Hall–Kier alpha value is -3.15. The van der Waals surface area contributed by atoms with E-state index in [1.807, 2.05) is 26.0 Å². The third-order valence-corrected chi connectivity index (χ3v) is 4.45. The van der Waals surface area contributed by atoms with E-state index in [4.69, 9.17) is 24.7 Å². The fourth-order valence-electron chi connectivity index (χ4n) is 3.11. The average molecular weight is 399 g/mol. The van der Waals surface area contributed by atoms with E-state index in [9.17, 15) is 4.79 Å². The number of ketones is 1. The number of nitrogen functional groups attached to an aromatic ring is 1. The number of methoxy groups -OCH3 is 3. The van der Waals surface area contributed by atoms with Crippen LogP contribution >= 0.6 is 0 Å². The van der Waals surface area contributed by atoms with Gasteiger partial charge in [-0.1, -0.05) is 13.3 Å². The zero-order valence-electron chi connectivity index (χ0n) is 17.7. The Morgan fingerprint density at radius 3 is 2.21 bits per heavy atom. The van der Waals surface area contributed by atoms with Gasteiger partial charge in [0, 0.05) is 16.7 Å². The summed E-state index contributed by atoms with van der Waals surface area (Å²) in [5.41, 5.74) is 8.39. The minimum absolute atomic E-state index is 0.0848. The molecule has 29 heavy (non-hydrogen) atoms. The van der Waals surface area contributed by atoms with Crippen molar-refractivity contribution in [3.8, 4) is 23.0 Å². The maximum Gasteiger partial charge on any atom is 0.203 e. The standard InChI is InChI=1S/C23H29NO5/c1-6-8-15(21(25)16-9-11-19(29-7-2)18(24)14-16)13-17-10-12-20(26-3)23(28-5)22(17)27-4/h9-14H,6-8,24H2,1-5H3/b15-13+. The Labute approximate surface area is 172 Å². The summed E-state index contributed by atoms with van der Waals surface area (Å²) in [7, 11) is 4.67. The fraction of sp³-hybridized carbons (Fsp3) is 0.348. The number of anilines is 1. The highest BCUT2D eigenvalue weighted by atomic mass is 16.5. The van der Waals surface area contributed by atoms with E-state index < -0.39 is 0 Å². The number of Topliss-reactive ketones (excluding diaryl/α,β-unsaturated/α-hetero) is 1. The lowest BCUT2D eigenvalue weighted by atomic mass is 9.96. The maximum atomic E-state index is 13.2. The largest absolute Gasteiger partial charge is 0.493 e. The highest BCUT2D eigenvalue weighted by Crippen LogP contribution is 2.41. The Bertz CT molecular complexity index is 889. The van der Waals surface area contributed by atoms with Crippen LogP contribution in [0.3, 0.4) is 0 Å². The molecule has 0 amide bonds. The predicted octanol–water partition coefficient (Wildman–Crippen LogP) is 4.76. The molecule has 2 aromatic carbocycles. The number of carbonyl (C=O) groups is 1. The number of hydrogen-bond donors (Lipinski definition) is 1. The van der Waals surface area contributed by atoms with Gasteiger partial charge >= 0.3 is 0 Å². The lowest BCUT2D eigenvalue weighted by molar-refractivity contribution is 0.103. The van der Waals surface area contributed by atoms with Gasteiger partial charge in [-0.3, -0.25) is 4.79 Å². The van der Waals surface area contributed by atoms with E-state index in [1.165, 1.54) is 0 Å². The molecule has 2 rings (SSSR count). The van der Waals surface area contributed by atoms with Gasteiger partial charge in [-0.15, -0.1) is 0 Å². The van der Waals surface area contributed by atoms with Crippen LogP contribution in [0.2, 0.25) is 0 Å². The van der Waals surface area contributed by atoms with Crippen molar-refractivity contribution < 1.29 is 23.7 Å². The molecule has 0 heterocycles. The minimum Gasteiger partial charge on any atom is -0.493 e. The van der Waals surface area contributed by atoms with E-state index in [0.29, 0.717) is 52.8 Å². The molecule has 0 fully saturated rings. The van der Waals surface area contributed by atoms with Crippen LogP contribution in [-0.2, 0) is 0 Å². The van der Waals surface area contributed by atoms with Crippen LogP contribution in [0.5, 0.6) is 23.0 Å². The van der Waals surface area contributed by atoms with Crippen molar-refractivity contribution in [3.05, 3.63) is 47.0 Å². The van der Waals surface area contributed by atoms with Crippen molar-refractivity contribution in [3.63, 3.8) is 0 Å². The van der Waals surface area contributed by atoms with Crippen LogP contribution in [0.4, 0.5) is 5.69 Å². The molecule has 0 aromatic heterocycles. The second-order valence-corrected chi connectivity index (χ2v) is 6.36. The van der Waals surface area contributed by atoms with Gasteiger partial charge in [-0.25, -0.2) is 0 Å². The number of carbonyl (C=O) groups excluding carboxylic acids is 1. The van der Waals surface area contributed by atoms with E-state index in [1.54, 1.807) is 45.6 Å². The number of benzene rings is 2. The molecule has 0 spiro atoms. The predicted molar refractivity (Wildman–Crippen MR) is 115 cm³/mol. The lowest BCUT2D eigenvalue weighted by Gasteiger charge is -2.15. The summed E-state index contributed by atoms with van der Waals surface area (Å²) in [4.78, 5) is 13.2. The van der Waals surface area contributed by atoms with Gasteiger partial charge in [0.15, 0.2) is 17.3 Å². The van der Waals surface area contributed by atoms with Crippen LogP contribution in [0, 0.1) is 0 Å². The van der Waals surface area contributed by atoms with Gasteiger partial charge in [-0.05, 0) is 49.8 Å². The molecule has 0 saturated carbocycles. The molecule has 0 aliphatic heterocycles. The zero-order valence-corrected chi connectivity index (χ0v) is 17.7. The topological polar surface area (TPSA) is 80.0 Å². The normalized spacial score (nSPS) is 11.1. The molecular weight excluding hydrogens is 370 g/mol. The first-order valence-electron chi connectivity index (χ1n) is 9.57. The van der Waals surface area contributed by atoms with E-state index in [0.717, 1.165) is 12.0 Å². The summed E-state index contributed by atoms with van der Waals surface area (Å²) < 4.78 is 21.8. The fourth-order valence-corrected chi connectivity index (χ4v) is 3.11. The number of rotatable bonds is 10. The summed E-state index contributed by atoms with van der Waals surface area (Å²) >= 11 is 0. The Balaban J connectivity index is 2.49. The van der Waals surface area contributed by atoms with Crippen LogP contribution in [0.1, 0.15) is 42.6 Å². The molecule has 0 bridgehead atoms. The molecule has 0 atom stereocenters. The highest BCUT2D eigenvalue weighted by molar-refractivity contribution is 6.12. The quantitative estimate of drug-likeness (QED) is 0.352. The molecule has 0 radical (unpaired) electrons. The smallest absolute Gasteiger partial charge is 0.203 e. The van der Waals surface area contributed by atoms with Crippen LogP contribution < -0.4 is 24.7 Å². The highest BCUT2D eigenvalue weighted by Gasteiger charge is 2.18. The Morgan fingerprint density at radius 1 is 0.966 bits per heavy atom. The molecule has 0 aliphatic rings. The summed E-state index contributed by atoms with van der Waals surface area (Å²) in [6.07, 6.45) is 3.27. The summed E-state index contributed by atoms with van der Waals surface area (Å²) in [6, 6.07) is 8.75. The van der Waals surface area contributed by atoms with Crippen molar-refractivity contribution in [2.75, 3.05) is 33.7 Å². The SMILES string of the molecule is CCC/C(=C\c1ccc(OC)c(OC)c1OC)C(=O)c1ccc(OCC)c(N)c1. The molecule has 0 saturated heterocycles. The summed E-state index contributed by atoms with van der Waals surface area (Å²) in [5.74, 6) is 2.05. The summed E-state index contributed by atoms with van der Waals surface area (Å²) in [6.45, 7) is 4.42. The molecule has 6 nitrogen and oxygen atoms in total. The van der Waals surface area contributed by atoms with Crippen LogP contribution in [-0.4, -0.2) is 33.7 Å². The second kappa shape index (κ2) is 10.4. The molecule has 0 unspecified atom stereocenters. The van der Waals surface area contributed by atoms with Gasteiger partial charge in [0.25, 0.3) is 0 Å². The minimum atomic E-state index is -0.0848. The lowest BCUT2D eigenvalue weighted by Crippen LogP contribution is -2.06. The monoisotopic (exact) mass is 399 g/mol. The van der Waals surface area contributed by atoms with Crippen molar-refractivity contribution >= 4 is 17.5 Å². The third-order valence-electron chi connectivity index (χ3n) is 4.45. The molecule has 0 aliphatic carbocycles.